The van der Waals surface area contributed by atoms with Gasteiger partial charge in [-0.1, -0.05) is 50.9 Å². The molecule has 1 saturated heterocycles. The summed E-state index contributed by atoms with van der Waals surface area (Å²) in [5.41, 5.74) is -7.95. The molecule has 1 fully saturated rings. The Bertz CT molecular complexity index is 1680. The zero-order valence-electron chi connectivity index (χ0n) is 23.0. The van der Waals surface area contributed by atoms with Gasteiger partial charge in [0.25, 0.3) is 11.8 Å². The molecule has 0 N–H and O–H groups in total. The molecule has 2 heterocycles. The van der Waals surface area contributed by atoms with Crippen LogP contribution in [0.4, 0.5) is 8.78 Å². The van der Waals surface area contributed by atoms with Crippen LogP contribution in [-0.4, -0.2) is 146 Å². The molecule has 4 amide bonds. The number of rotatable bonds is 5. The molecule has 0 aliphatic carbocycles. The number of piperidine rings is 1. The molecule has 0 saturated carbocycles. The number of hydrogen-bond acceptors (Lipinski definition) is 4. The topological polar surface area (TPSA) is 78.0 Å². The van der Waals surface area contributed by atoms with Crippen LogP contribution in [0.1, 0.15) is 33.0 Å². The van der Waals surface area contributed by atoms with Crippen molar-refractivity contribution in [1.82, 2.24) is 14.5 Å². The molecule has 2 aliphatic heterocycles. The van der Waals surface area contributed by atoms with Crippen LogP contribution < -0.4 is 16.4 Å². The summed E-state index contributed by atoms with van der Waals surface area (Å²) in [4.78, 5) is 52.6. The Labute approximate surface area is 280 Å². The van der Waals surface area contributed by atoms with Crippen molar-refractivity contribution in [3.63, 3.8) is 0 Å². The smallest absolute Gasteiger partial charge is 0.348 e. The molecule has 0 spiro atoms. The van der Waals surface area contributed by atoms with Gasteiger partial charge < -0.3 is 14.5 Å². The molecule has 2 unspecified atom stereocenters. The number of benzene rings is 2. The van der Waals surface area contributed by atoms with Crippen LogP contribution in [0.25, 0.3) is 0 Å². The molecule has 23 heteroatoms. The molecule has 2 aromatic rings. The van der Waals surface area contributed by atoms with E-state index in [0.717, 1.165) is 24.3 Å². The molecule has 2 atom stereocenters. The van der Waals surface area contributed by atoms with Gasteiger partial charge >= 0.3 is 5.92 Å². The van der Waals surface area contributed by atoms with E-state index in [-0.39, 0.29) is 19.5 Å². The van der Waals surface area contributed by atoms with Crippen molar-refractivity contribution >= 4 is 154 Å². The largest absolute Gasteiger partial charge is 0.393 e. The average molecular weight is 589 g/mol. The molecule has 0 aromatic heterocycles. The Kier molecular flexibility index (Phi) is 8.47. The fourth-order valence-electron chi connectivity index (χ4n) is 5.26. The van der Waals surface area contributed by atoms with Gasteiger partial charge in [0.1, 0.15) is 39.2 Å². The van der Waals surface area contributed by atoms with E-state index in [1.807, 2.05) is 0 Å². The predicted octanol–water partition coefficient (Wildman–Crippen LogP) is -5.28. The van der Waals surface area contributed by atoms with Crippen LogP contribution >= 0.6 is 11.6 Å². The molecule has 4 rings (SSSR count). The van der Waals surface area contributed by atoms with Gasteiger partial charge in [0.05, 0.1) is 52.5 Å². The van der Waals surface area contributed by atoms with Gasteiger partial charge in [0.2, 0.25) is 27.8 Å². The number of fused-ring (bicyclic) bond motifs is 1. The van der Waals surface area contributed by atoms with E-state index in [1.165, 1.54) is 0 Å². The summed E-state index contributed by atoms with van der Waals surface area (Å²) in [7, 11) is 78.6. The third-order valence-electron chi connectivity index (χ3n) is 7.94. The first-order valence-corrected chi connectivity index (χ1v) is 12.7. The van der Waals surface area contributed by atoms with Gasteiger partial charge in [-0.05, 0) is 28.2 Å². The highest BCUT2D eigenvalue weighted by Crippen LogP contribution is 2.58. The summed E-state index contributed by atoms with van der Waals surface area (Å²) in [5, 5.41) is -8.71. The van der Waals surface area contributed by atoms with Crippen LogP contribution in [0.2, 0.25) is 15.5 Å². The van der Waals surface area contributed by atoms with Crippen molar-refractivity contribution in [3.05, 3.63) is 51.5 Å². The van der Waals surface area contributed by atoms with Gasteiger partial charge in [-0.25, -0.2) is 0 Å². The lowest BCUT2D eigenvalue weighted by molar-refractivity contribution is -0.154. The first-order valence-electron chi connectivity index (χ1n) is 12.3. The average Bonchev–Trinajstić information content (AvgIpc) is 3.17. The highest BCUT2D eigenvalue weighted by atomic mass is 35.5. The minimum Gasteiger partial charge on any atom is -0.393 e. The number of imide groups is 1. The third kappa shape index (κ3) is 4.54. The standard InChI is InChI=1S/C22H5B13ClF2N3O4/c23-10-8(13(26)39(34)15(43)18(37,38)5-1-3-6(36)4-2-5)12(25)11(24)7-9(10)21(30,31)41(14(7)42)20(29)17(45)40(35)16(44)19(27,28)22(20,32)33/h1-4,13H. The van der Waals surface area contributed by atoms with Crippen molar-refractivity contribution in [1.29, 1.82) is 0 Å². The lowest BCUT2D eigenvalue weighted by atomic mass is 9.20. The molecular formula is C22H5B13ClF2N3O4. The number of hydrogen-bond donors (Lipinski definition) is 0. The zero-order valence-corrected chi connectivity index (χ0v) is 23.8. The van der Waals surface area contributed by atoms with Crippen LogP contribution in [0.5, 0.6) is 0 Å². The summed E-state index contributed by atoms with van der Waals surface area (Å²) in [6.07, 6.45) is 0. The molecule has 45 heavy (non-hydrogen) atoms. The number of carbonyl (C=O) groups excluding carboxylic acids is 4. The predicted molar refractivity (Wildman–Crippen MR) is 173 cm³/mol. The molecule has 0 bridgehead atoms. The van der Waals surface area contributed by atoms with E-state index in [4.69, 9.17) is 114 Å². The zero-order chi connectivity index (χ0) is 34.6. The van der Waals surface area contributed by atoms with E-state index in [0.29, 0.717) is 0 Å². The lowest BCUT2D eigenvalue weighted by Crippen LogP contribution is -2.78. The van der Waals surface area contributed by atoms with E-state index in [1.54, 1.807) is 0 Å². The fraction of sp³-hybridized carbons (Fsp3) is 0.273. The van der Waals surface area contributed by atoms with Gasteiger partial charge in [0.15, 0.2) is 0 Å². The number of amides is 4. The van der Waals surface area contributed by atoms with E-state index in [9.17, 15) is 19.2 Å². The summed E-state index contributed by atoms with van der Waals surface area (Å²) in [6.45, 7) is 0. The highest BCUT2D eigenvalue weighted by Gasteiger charge is 2.67. The first-order chi connectivity index (χ1) is 20.3. The van der Waals surface area contributed by atoms with Gasteiger partial charge in [-0.2, -0.15) is 8.78 Å². The van der Waals surface area contributed by atoms with Crippen molar-refractivity contribution in [3.8, 4) is 0 Å². The first kappa shape index (κ1) is 35.4. The minimum absolute atomic E-state index is 0.0965. The van der Waals surface area contributed by atoms with Crippen LogP contribution in [0.15, 0.2) is 24.3 Å². The molecule has 26 radical (unpaired) electrons. The summed E-state index contributed by atoms with van der Waals surface area (Å²) >= 11 is 5.73. The lowest BCUT2D eigenvalue weighted by Gasteiger charge is -2.65. The second kappa shape index (κ2) is 10.8. The maximum atomic E-state index is 15.1. The van der Waals surface area contributed by atoms with Gasteiger partial charge in [-0.15, -0.1) is 0 Å². The van der Waals surface area contributed by atoms with E-state index >= 15 is 8.78 Å². The number of nitrogens with zero attached hydrogens (tertiary/aromatic N) is 3. The van der Waals surface area contributed by atoms with Crippen molar-refractivity contribution in [2.45, 2.75) is 33.1 Å². The maximum absolute atomic E-state index is 15.1. The van der Waals surface area contributed by atoms with E-state index < -0.39 is 95.3 Å². The third-order valence-corrected chi connectivity index (χ3v) is 8.19. The highest BCUT2D eigenvalue weighted by molar-refractivity contribution is 6.68. The molecular weight excluding hydrogens is 584 g/mol. The Morgan fingerprint density at radius 3 is 1.91 bits per heavy atom. The molecule has 192 valence electrons. The summed E-state index contributed by atoms with van der Waals surface area (Å²) < 4.78 is 30.3. The second-order valence-electron chi connectivity index (χ2n) is 10.6. The van der Waals surface area contributed by atoms with Crippen molar-refractivity contribution in [2.75, 3.05) is 0 Å². The van der Waals surface area contributed by atoms with Crippen LogP contribution in [-0.2, 0) is 25.6 Å². The van der Waals surface area contributed by atoms with Crippen LogP contribution in [0.3, 0.4) is 0 Å². The Hall–Kier alpha value is -2.49. The number of alkyl halides is 2. The second-order valence-corrected chi connectivity index (χ2v) is 11.0. The maximum Gasteiger partial charge on any atom is 0.348 e. The van der Waals surface area contributed by atoms with Crippen molar-refractivity contribution < 1.29 is 28.0 Å². The van der Waals surface area contributed by atoms with E-state index in [2.05, 4.69) is 0 Å². The SMILES string of the molecule is [B]c1c([B])c(C([B])N([B])C(=O)C(F)(F)c2ccc(Cl)cc2)c([B])c2c1C(=O)N(C1([B])C(=O)N([B])C(=O)C([B])([B])C1([B])[B])C2([B])[B]. The minimum atomic E-state index is -4.25. The summed E-state index contributed by atoms with van der Waals surface area (Å²) in [5.74, 6) is -12.9. The Morgan fingerprint density at radius 2 is 1.40 bits per heavy atom. The number of halogens is 3. The monoisotopic (exact) mass is 591 g/mol. The summed E-state index contributed by atoms with van der Waals surface area (Å²) in [6, 6.07) is 3.98. The molecule has 7 nitrogen and oxygen atoms in total. The quantitative estimate of drug-likeness (QED) is 0.258. The Balaban J connectivity index is 1.88. The van der Waals surface area contributed by atoms with Crippen molar-refractivity contribution in [2.24, 2.45) is 0 Å². The normalized spacial score (nSPS) is 22.6. The molecule has 2 aliphatic rings. The van der Waals surface area contributed by atoms with Gasteiger partial charge in [-0.3, -0.25) is 19.2 Å². The molecule has 2 aromatic carbocycles. The Morgan fingerprint density at radius 1 is 0.889 bits per heavy atom. The van der Waals surface area contributed by atoms with Gasteiger partial charge in [0, 0.05) is 22.1 Å². The van der Waals surface area contributed by atoms with Crippen LogP contribution in [0, 0.1) is 0 Å². The fourth-order valence-corrected chi connectivity index (χ4v) is 5.39. The number of carbonyl (C=O) groups is 4.